The van der Waals surface area contributed by atoms with E-state index in [1.54, 1.807) is 18.2 Å². The first kappa shape index (κ1) is 15.1. The molecule has 4 rings (SSSR count). The van der Waals surface area contributed by atoms with Gasteiger partial charge in [0.1, 0.15) is 17.9 Å². The minimum atomic E-state index is -0.778. The molecule has 1 amide bonds. The molecule has 1 aromatic heterocycles. The molecule has 9 nitrogen and oxygen atoms in total. The second-order valence-corrected chi connectivity index (χ2v) is 5.36. The molecule has 25 heavy (non-hydrogen) atoms. The van der Waals surface area contributed by atoms with Gasteiger partial charge in [-0.15, -0.1) is 5.11 Å². The number of carbonyl (C=O) groups excluding carboxylic acids is 2. The fourth-order valence-electron chi connectivity index (χ4n) is 2.81. The Labute approximate surface area is 141 Å². The first-order valence-electron chi connectivity index (χ1n) is 7.30. The number of ketones is 1. The highest BCUT2D eigenvalue weighted by atomic mass is 16.5. The summed E-state index contributed by atoms with van der Waals surface area (Å²) in [4.78, 5) is 28.6. The van der Waals surface area contributed by atoms with E-state index in [1.165, 1.54) is 24.5 Å². The first-order chi connectivity index (χ1) is 12.1. The molecule has 0 fully saturated rings. The maximum absolute atomic E-state index is 12.8. The highest BCUT2D eigenvalue weighted by molar-refractivity contribution is 6.15. The van der Waals surface area contributed by atoms with Gasteiger partial charge in [0.2, 0.25) is 0 Å². The SMILES string of the molecule is O=C1N=NCC2=C1N(O)c1cccc(C(=O)c3ccncc3)c1N2O. The van der Waals surface area contributed by atoms with Crippen LogP contribution >= 0.6 is 0 Å². The van der Waals surface area contributed by atoms with Gasteiger partial charge in [-0.1, -0.05) is 6.07 Å². The van der Waals surface area contributed by atoms with Gasteiger partial charge in [0, 0.05) is 18.0 Å². The maximum atomic E-state index is 12.8. The van der Waals surface area contributed by atoms with Crippen molar-refractivity contribution in [3.8, 4) is 0 Å². The van der Waals surface area contributed by atoms with Crippen molar-refractivity contribution in [3.63, 3.8) is 0 Å². The molecule has 0 saturated carbocycles. The summed E-state index contributed by atoms with van der Waals surface area (Å²) in [5.74, 6) is -1.14. The Kier molecular flexibility index (Phi) is 3.38. The van der Waals surface area contributed by atoms with Gasteiger partial charge in [-0.2, -0.15) is 5.11 Å². The lowest BCUT2D eigenvalue weighted by molar-refractivity contribution is -0.115. The van der Waals surface area contributed by atoms with Crippen LogP contribution in [0.4, 0.5) is 11.4 Å². The van der Waals surface area contributed by atoms with Crippen LogP contribution in [0, 0.1) is 0 Å². The van der Waals surface area contributed by atoms with Gasteiger partial charge >= 0.3 is 5.91 Å². The highest BCUT2D eigenvalue weighted by Crippen LogP contribution is 2.42. The van der Waals surface area contributed by atoms with Gasteiger partial charge in [-0.25, -0.2) is 10.1 Å². The molecule has 1 aromatic carbocycles. The van der Waals surface area contributed by atoms with E-state index in [0.717, 1.165) is 0 Å². The largest absolute Gasteiger partial charge is 0.316 e. The molecule has 0 spiro atoms. The van der Waals surface area contributed by atoms with Gasteiger partial charge in [0.05, 0.1) is 11.3 Å². The van der Waals surface area contributed by atoms with Crippen LogP contribution in [0.5, 0.6) is 0 Å². The molecule has 2 N–H and O–H groups in total. The zero-order chi connectivity index (χ0) is 17.6. The number of fused-ring (bicyclic) bond motifs is 1. The third-order valence-electron chi connectivity index (χ3n) is 3.97. The molecule has 2 aromatic rings. The van der Waals surface area contributed by atoms with Crippen molar-refractivity contribution in [2.75, 3.05) is 16.7 Å². The summed E-state index contributed by atoms with van der Waals surface area (Å²) in [5.41, 5.74) is 0.540. The molecule has 124 valence electrons. The van der Waals surface area contributed by atoms with E-state index in [4.69, 9.17) is 0 Å². The van der Waals surface area contributed by atoms with E-state index in [0.29, 0.717) is 15.7 Å². The minimum absolute atomic E-state index is 0.0463. The van der Waals surface area contributed by atoms with Gasteiger partial charge in [0.15, 0.2) is 11.5 Å². The van der Waals surface area contributed by atoms with E-state index < -0.39 is 5.91 Å². The zero-order valence-electron chi connectivity index (χ0n) is 12.7. The molecule has 0 aliphatic carbocycles. The number of hydrogen-bond donors (Lipinski definition) is 2. The summed E-state index contributed by atoms with van der Waals surface area (Å²) in [5, 5.41) is 29.3. The Hall–Kier alpha value is -3.43. The lowest BCUT2D eigenvalue weighted by Gasteiger charge is -2.35. The van der Waals surface area contributed by atoms with E-state index in [2.05, 4.69) is 15.2 Å². The van der Waals surface area contributed by atoms with Crippen LogP contribution in [0.2, 0.25) is 0 Å². The number of nitrogens with zero attached hydrogens (tertiary/aromatic N) is 5. The van der Waals surface area contributed by atoms with Crippen LogP contribution in [-0.2, 0) is 4.79 Å². The second-order valence-electron chi connectivity index (χ2n) is 5.36. The molecule has 0 bridgehead atoms. The van der Waals surface area contributed by atoms with E-state index in [-0.39, 0.29) is 40.7 Å². The monoisotopic (exact) mass is 337 g/mol. The second kappa shape index (κ2) is 5.58. The van der Waals surface area contributed by atoms with Gasteiger partial charge < -0.3 is 0 Å². The average molecular weight is 337 g/mol. The number of carbonyl (C=O) groups is 2. The maximum Gasteiger partial charge on any atom is 0.316 e. The number of anilines is 2. The van der Waals surface area contributed by atoms with Crippen LogP contribution in [0.1, 0.15) is 15.9 Å². The number of para-hydroxylation sites is 1. The van der Waals surface area contributed by atoms with Crippen molar-refractivity contribution >= 4 is 23.1 Å². The average Bonchev–Trinajstić information content (AvgIpc) is 2.65. The number of amides is 1. The minimum Gasteiger partial charge on any atom is -0.289 e. The molecule has 0 radical (unpaired) electrons. The van der Waals surface area contributed by atoms with Crippen molar-refractivity contribution in [1.29, 1.82) is 0 Å². The third kappa shape index (κ3) is 2.22. The summed E-state index contributed by atoms with van der Waals surface area (Å²) in [7, 11) is 0. The molecule has 0 unspecified atom stereocenters. The Balaban J connectivity index is 1.88. The number of benzene rings is 1. The number of azo groups is 1. The number of pyridine rings is 1. The zero-order valence-corrected chi connectivity index (χ0v) is 12.7. The van der Waals surface area contributed by atoms with Crippen LogP contribution < -0.4 is 10.1 Å². The lowest BCUT2D eigenvalue weighted by atomic mass is 9.99. The summed E-state index contributed by atoms with van der Waals surface area (Å²) in [6.45, 7) is -0.105. The summed E-state index contributed by atoms with van der Waals surface area (Å²) >= 11 is 0. The predicted octanol–water partition coefficient (Wildman–Crippen LogP) is 1.92. The molecular weight excluding hydrogens is 326 g/mol. The summed E-state index contributed by atoms with van der Waals surface area (Å²) in [6, 6.07) is 7.64. The fraction of sp³-hybridized carbons (Fsp3) is 0.0625. The van der Waals surface area contributed by atoms with E-state index >= 15 is 0 Å². The Morgan fingerprint density at radius 2 is 1.84 bits per heavy atom. The normalized spacial score (nSPS) is 16.0. The topological polar surface area (TPSA) is 119 Å². The Morgan fingerprint density at radius 1 is 1.08 bits per heavy atom. The highest BCUT2D eigenvalue weighted by Gasteiger charge is 2.37. The number of hydroxylamine groups is 2. The van der Waals surface area contributed by atoms with Crippen molar-refractivity contribution in [1.82, 2.24) is 4.98 Å². The standard InChI is InChI=1S/C16H11N5O4/c22-15(9-4-6-17-7-5-9)10-2-1-3-11-13(10)21(25)12-8-18-19-16(23)14(12)20(11)24/h1-7,24-25H,8H2. The van der Waals surface area contributed by atoms with Crippen molar-refractivity contribution in [2.45, 2.75) is 0 Å². The quantitative estimate of drug-likeness (QED) is 0.804. The lowest BCUT2D eigenvalue weighted by Crippen LogP contribution is -2.39. The van der Waals surface area contributed by atoms with Gasteiger partial charge in [-0.3, -0.25) is 25.0 Å². The summed E-state index contributed by atoms with van der Waals surface area (Å²) < 4.78 is 0. The van der Waals surface area contributed by atoms with Crippen molar-refractivity contribution < 1.29 is 20.0 Å². The summed E-state index contributed by atoms with van der Waals surface area (Å²) in [6.07, 6.45) is 2.97. The molecule has 9 heteroatoms. The Morgan fingerprint density at radius 3 is 2.60 bits per heavy atom. The molecule has 2 aliphatic heterocycles. The van der Waals surface area contributed by atoms with Gasteiger partial charge in [0.25, 0.3) is 0 Å². The number of hydrogen-bond acceptors (Lipinski definition) is 8. The van der Waals surface area contributed by atoms with Crippen LogP contribution in [-0.4, -0.2) is 33.6 Å². The van der Waals surface area contributed by atoms with Crippen LogP contribution in [0.3, 0.4) is 0 Å². The number of aromatic nitrogens is 1. The fourth-order valence-corrected chi connectivity index (χ4v) is 2.81. The van der Waals surface area contributed by atoms with E-state index in [1.807, 2.05) is 0 Å². The smallest absolute Gasteiger partial charge is 0.289 e. The molecular formula is C16H11N5O4. The predicted molar refractivity (Wildman–Crippen MR) is 84.4 cm³/mol. The number of rotatable bonds is 2. The third-order valence-corrected chi connectivity index (χ3v) is 3.97. The molecule has 0 atom stereocenters. The molecule has 0 saturated heterocycles. The van der Waals surface area contributed by atoms with Crippen molar-refractivity contribution in [3.05, 3.63) is 65.2 Å². The van der Waals surface area contributed by atoms with E-state index in [9.17, 15) is 20.0 Å². The molecule has 3 heterocycles. The van der Waals surface area contributed by atoms with Crippen LogP contribution in [0.15, 0.2) is 64.3 Å². The van der Waals surface area contributed by atoms with Crippen LogP contribution in [0.25, 0.3) is 0 Å². The first-order valence-corrected chi connectivity index (χ1v) is 7.30. The molecule has 2 aliphatic rings. The van der Waals surface area contributed by atoms with Gasteiger partial charge in [-0.05, 0) is 24.3 Å². The Bertz CT molecular complexity index is 954. The van der Waals surface area contributed by atoms with Crippen molar-refractivity contribution in [2.24, 2.45) is 10.2 Å².